The van der Waals surface area contributed by atoms with Crippen molar-refractivity contribution in [2.45, 2.75) is 33.0 Å². The summed E-state index contributed by atoms with van der Waals surface area (Å²) in [6.45, 7) is 5.67. The van der Waals surface area contributed by atoms with E-state index < -0.39 is 0 Å². The molecule has 0 aliphatic rings. The third-order valence-electron chi connectivity index (χ3n) is 4.62. The van der Waals surface area contributed by atoms with Gasteiger partial charge in [-0.25, -0.2) is 4.39 Å². The van der Waals surface area contributed by atoms with Gasteiger partial charge in [0.1, 0.15) is 12.4 Å². The van der Waals surface area contributed by atoms with Crippen LogP contribution in [0.4, 0.5) is 4.39 Å². The van der Waals surface area contributed by atoms with E-state index in [9.17, 15) is 4.39 Å². The molecule has 1 unspecified atom stereocenters. The molecule has 0 saturated heterocycles. The van der Waals surface area contributed by atoms with Crippen molar-refractivity contribution < 1.29 is 13.9 Å². The van der Waals surface area contributed by atoms with Gasteiger partial charge < -0.3 is 14.8 Å². The lowest BCUT2D eigenvalue weighted by Gasteiger charge is -2.18. The SMILES string of the molecule is CCOc1cc(CNC(C)c2ccccc2)c(Br)cc1OCc1ccc(F)cc1. The predicted molar refractivity (Wildman–Crippen MR) is 118 cm³/mol. The van der Waals surface area contributed by atoms with Crippen molar-refractivity contribution in [3.8, 4) is 11.5 Å². The molecule has 0 radical (unpaired) electrons. The Bertz CT molecular complexity index is 916. The van der Waals surface area contributed by atoms with Gasteiger partial charge in [-0.05, 0) is 54.8 Å². The summed E-state index contributed by atoms with van der Waals surface area (Å²) in [5, 5.41) is 3.55. The minimum atomic E-state index is -0.256. The fraction of sp³-hybridized carbons (Fsp3) is 0.250. The van der Waals surface area contributed by atoms with Gasteiger partial charge in [-0.1, -0.05) is 58.4 Å². The molecule has 0 spiro atoms. The standard InChI is InChI=1S/C24H25BrFNO2/c1-3-28-23-13-20(15-27-17(2)19-7-5-4-6-8-19)22(25)14-24(23)29-16-18-9-11-21(26)12-10-18/h4-14,17,27H,3,15-16H2,1-2H3. The highest BCUT2D eigenvalue weighted by molar-refractivity contribution is 9.10. The van der Waals surface area contributed by atoms with Gasteiger partial charge in [0.2, 0.25) is 0 Å². The van der Waals surface area contributed by atoms with Crippen LogP contribution in [0.25, 0.3) is 0 Å². The third-order valence-corrected chi connectivity index (χ3v) is 5.36. The Hall–Kier alpha value is -2.37. The first kappa shape index (κ1) is 21.3. The normalized spacial score (nSPS) is 11.9. The van der Waals surface area contributed by atoms with Crippen LogP contribution in [-0.4, -0.2) is 6.61 Å². The molecule has 1 atom stereocenters. The van der Waals surface area contributed by atoms with Crippen molar-refractivity contribution in [2.24, 2.45) is 0 Å². The van der Waals surface area contributed by atoms with Gasteiger partial charge in [-0.2, -0.15) is 0 Å². The highest BCUT2D eigenvalue weighted by Crippen LogP contribution is 2.34. The van der Waals surface area contributed by atoms with Gasteiger partial charge in [0, 0.05) is 17.1 Å². The molecule has 29 heavy (non-hydrogen) atoms. The second kappa shape index (κ2) is 10.4. The average Bonchev–Trinajstić information content (AvgIpc) is 2.74. The number of nitrogens with one attached hydrogen (secondary N) is 1. The van der Waals surface area contributed by atoms with Crippen molar-refractivity contribution in [2.75, 3.05) is 6.61 Å². The molecule has 3 aromatic carbocycles. The summed E-state index contributed by atoms with van der Waals surface area (Å²) in [5.74, 6) is 1.10. The second-order valence-electron chi connectivity index (χ2n) is 6.75. The van der Waals surface area contributed by atoms with Crippen molar-refractivity contribution >= 4 is 15.9 Å². The molecule has 3 nitrogen and oxygen atoms in total. The molecule has 0 aliphatic heterocycles. The first-order valence-corrected chi connectivity index (χ1v) is 10.5. The van der Waals surface area contributed by atoms with Crippen LogP contribution in [0.3, 0.4) is 0 Å². The Kier molecular flexibility index (Phi) is 7.67. The number of hydrogen-bond acceptors (Lipinski definition) is 3. The lowest BCUT2D eigenvalue weighted by Crippen LogP contribution is -2.18. The molecule has 0 heterocycles. The van der Waals surface area contributed by atoms with Gasteiger partial charge in [0.25, 0.3) is 0 Å². The van der Waals surface area contributed by atoms with Gasteiger partial charge in [-0.15, -0.1) is 0 Å². The fourth-order valence-electron chi connectivity index (χ4n) is 2.96. The van der Waals surface area contributed by atoms with E-state index in [1.807, 2.05) is 37.3 Å². The van der Waals surface area contributed by atoms with E-state index in [1.165, 1.54) is 17.7 Å². The molecule has 0 aliphatic carbocycles. The van der Waals surface area contributed by atoms with Crippen molar-refractivity contribution in [3.05, 3.63) is 93.7 Å². The predicted octanol–water partition coefficient (Wildman–Crippen LogP) is 6.42. The van der Waals surface area contributed by atoms with Crippen molar-refractivity contribution in [1.82, 2.24) is 5.32 Å². The lowest BCUT2D eigenvalue weighted by molar-refractivity contribution is 0.268. The summed E-state index contributed by atoms with van der Waals surface area (Å²) in [7, 11) is 0. The van der Waals surface area contributed by atoms with Crippen LogP contribution in [0.2, 0.25) is 0 Å². The Morgan fingerprint density at radius 3 is 2.34 bits per heavy atom. The molecule has 1 N–H and O–H groups in total. The smallest absolute Gasteiger partial charge is 0.162 e. The fourth-order valence-corrected chi connectivity index (χ4v) is 3.42. The van der Waals surface area contributed by atoms with Crippen LogP contribution in [0, 0.1) is 5.82 Å². The van der Waals surface area contributed by atoms with Crippen LogP contribution in [0.1, 0.15) is 36.6 Å². The zero-order chi connectivity index (χ0) is 20.6. The summed E-state index contributed by atoms with van der Waals surface area (Å²) in [4.78, 5) is 0. The molecule has 0 aromatic heterocycles. The van der Waals surface area contributed by atoms with Gasteiger partial charge in [-0.3, -0.25) is 0 Å². The zero-order valence-corrected chi connectivity index (χ0v) is 18.2. The molecule has 0 bridgehead atoms. The lowest BCUT2D eigenvalue weighted by atomic mass is 10.1. The maximum Gasteiger partial charge on any atom is 0.162 e. The third kappa shape index (κ3) is 6.05. The van der Waals surface area contributed by atoms with E-state index in [0.29, 0.717) is 31.3 Å². The summed E-state index contributed by atoms with van der Waals surface area (Å²) in [5.41, 5.74) is 3.23. The van der Waals surface area contributed by atoms with E-state index in [2.05, 4.69) is 40.3 Å². The molecular formula is C24H25BrFNO2. The summed E-state index contributed by atoms with van der Waals surface area (Å²) >= 11 is 3.65. The number of hydrogen-bond donors (Lipinski definition) is 1. The Morgan fingerprint density at radius 2 is 1.66 bits per heavy atom. The molecule has 152 valence electrons. The molecule has 0 fully saturated rings. The molecular weight excluding hydrogens is 433 g/mol. The number of ether oxygens (including phenoxy) is 2. The largest absolute Gasteiger partial charge is 0.490 e. The Labute approximate surface area is 180 Å². The van der Waals surface area contributed by atoms with E-state index in [0.717, 1.165) is 15.6 Å². The molecule has 0 saturated carbocycles. The van der Waals surface area contributed by atoms with Gasteiger partial charge >= 0.3 is 0 Å². The van der Waals surface area contributed by atoms with E-state index in [-0.39, 0.29) is 11.9 Å². The maximum atomic E-state index is 13.1. The highest BCUT2D eigenvalue weighted by Gasteiger charge is 2.13. The van der Waals surface area contributed by atoms with Crippen LogP contribution in [-0.2, 0) is 13.2 Å². The van der Waals surface area contributed by atoms with Gasteiger partial charge in [0.15, 0.2) is 11.5 Å². The van der Waals surface area contributed by atoms with E-state index in [1.54, 1.807) is 12.1 Å². The highest BCUT2D eigenvalue weighted by atomic mass is 79.9. The van der Waals surface area contributed by atoms with Crippen molar-refractivity contribution in [3.63, 3.8) is 0 Å². The minimum absolute atomic E-state index is 0.230. The quantitative estimate of drug-likeness (QED) is 0.402. The van der Waals surface area contributed by atoms with Crippen LogP contribution in [0.5, 0.6) is 11.5 Å². The monoisotopic (exact) mass is 457 g/mol. The maximum absolute atomic E-state index is 13.1. The van der Waals surface area contributed by atoms with Crippen LogP contribution in [0.15, 0.2) is 71.2 Å². The Balaban J connectivity index is 1.70. The minimum Gasteiger partial charge on any atom is -0.490 e. The van der Waals surface area contributed by atoms with Crippen LogP contribution >= 0.6 is 15.9 Å². The zero-order valence-electron chi connectivity index (χ0n) is 16.6. The topological polar surface area (TPSA) is 30.5 Å². The van der Waals surface area contributed by atoms with Crippen LogP contribution < -0.4 is 14.8 Å². The van der Waals surface area contributed by atoms with E-state index in [4.69, 9.17) is 9.47 Å². The Morgan fingerprint density at radius 1 is 0.966 bits per heavy atom. The summed E-state index contributed by atoms with van der Waals surface area (Å²) in [6.07, 6.45) is 0. The molecule has 3 aromatic rings. The summed E-state index contributed by atoms with van der Waals surface area (Å²) < 4.78 is 25.8. The summed E-state index contributed by atoms with van der Waals surface area (Å²) in [6, 6.07) is 20.8. The number of benzene rings is 3. The first-order chi connectivity index (χ1) is 14.1. The van der Waals surface area contributed by atoms with E-state index >= 15 is 0 Å². The number of halogens is 2. The second-order valence-corrected chi connectivity index (χ2v) is 7.61. The van der Waals surface area contributed by atoms with Crippen molar-refractivity contribution in [1.29, 1.82) is 0 Å². The average molecular weight is 458 g/mol. The molecule has 0 amide bonds. The number of rotatable bonds is 9. The molecule has 5 heteroatoms. The molecule has 3 rings (SSSR count). The van der Waals surface area contributed by atoms with Gasteiger partial charge in [0.05, 0.1) is 6.61 Å². The first-order valence-electron chi connectivity index (χ1n) is 9.67.